The number of pyridine rings is 1. The van der Waals surface area contributed by atoms with E-state index in [9.17, 15) is 18.0 Å². The van der Waals surface area contributed by atoms with Crippen LogP contribution in [0.2, 0.25) is 0 Å². The zero-order valence-corrected chi connectivity index (χ0v) is 38.0. The number of nitrogens with one attached hydrogen (secondary N) is 5. The molecule has 5 heterocycles. The molecule has 3 aliphatic rings. The van der Waals surface area contributed by atoms with Gasteiger partial charge in [-0.1, -0.05) is 48.9 Å². The third kappa shape index (κ3) is 8.91. The molecular weight excluding hydrogens is 849 g/mol. The minimum atomic E-state index is -4.31. The Morgan fingerprint density at radius 3 is 2.64 bits per heavy atom. The summed E-state index contributed by atoms with van der Waals surface area (Å²) in [6, 6.07) is 23.5. The number of hydrogen-bond acceptors (Lipinski definition) is 12. The van der Waals surface area contributed by atoms with Crippen molar-refractivity contribution in [2.24, 2.45) is 5.92 Å². The van der Waals surface area contributed by atoms with Crippen LogP contribution in [0.3, 0.4) is 0 Å². The second-order valence-electron chi connectivity index (χ2n) is 17.3. The second kappa shape index (κ2) is 17.9. The first-order chi connectivity index (χ1) is 30.9. The van der Waals surface area contributed by atoms with E-state index in [0.717, 1.165) is 52.8 Å². The number of hydrogen-bond donors (Lipinski definition) is 5. The van der Waals surface area contributed by atoms with Crippen LogP contribution in [0.1, 0.15) is 71.0 Å². The van der Waals surface area contributed by atoms with Crippen LogP contribution in [0.4, 0.5) is 10.8 Å². The number of rotatable bonds is 10. The van der Waals surface area contributed by atoms with E-state index in [-0.39, 0.29) is 29.3 Å². The van der Waals surface area contributed by atoms with Crippen LogP contribution in [0, 0.1) is 5.92 Å². The standard InChI is InChI=1S/C48H54N8O6S2/c1-29(2)50-47-53-41(28-63-47)40-25-43(35-20-19-33(61-4)23-39(35)52-40)62-34-24-42(56(27-34)30(3)38-22-31-14-9-10-16-36(31)51-38)45(57)54-48-26-32(48)15-8-6-5-7-13-21-49-37-17-11-12-18-44(37)64(59,60)55-46(48)58/h8-12,14-20,22-23,25,28-30,32,34,42,49,51H,5-7,13,21,24,26-27H2,1-4H3,(H,50,53)(H,54,57)(H,55,58)/t30?,32-,34-,42+,48-/m1/s1. The normalized spacial score (nSPS) is 23.0. The van der Waals surface area contributed by atoms with Crippen molar-refractivity contribution in [3.8, 4) is 22.9 Å². The van der Waals surface area contributed by atoms with Crippen LogP contribution in [-0.2, 0) is 19.6 Å². The minimum absolute atomic E-state index is 0.0192. The van der Waals surface area contributed by atoms with Crippen LogP contribution in [0.25, 0.3) is 33.2 Å². The minimum Gasteiger partial charge on any atom is -0.497 e. The number of fused-ring (bicyclic) bond motifs is 4. The Morgan fingerprint density at radius 2 is 1.81 bits per heavy atom. The Bertz CT molecular complexity index is 2810. The average molecular weight is 903 g/mol. The molecule has 0 spiro atoms. The van der Waals surface area contributed by atoms with Crippen LogP contribution in [-0.4, -0.2) is 84.0 Å². The average Bonchev–Trinajstić information content (AvgIpc) is 3.64. The zero-order chi connectivity index (χ0) is 44.6. The van der Waals surface area contributed by atoms with E-state index in [1.807, 2.05) is 66.1 Å². The lowest BCUT2D eigenvalue weighted by Gasteiger charge is -2.30. The maximum atomic E-state index is 15.0. The first-order valence-corrected chi connectivity index (χ1v) is 24.4. The van der Waals surface area contributed by atoms with Crippen molar-refractivity contribution < 1.29 is 27.5 Å². The SMILES string of the molecule is COc1ccc2c(O[C@@H]3C[C@@H](C(=O)N[C@]45C[C@H]4C=CCCCCCNc4ccccc4S(=O)(=O)NC5=O)N(C(C)c4cc5ccccc5[nH]4)C3)cc(-c3csc(NC(C)C)n3)nc2c1. The van der Waals surface area contributed by atoms with Gasteiger partial charge in [-0.3, -0.25) is 14.5 Å². The molecule has 1 saturated carbocycles. The van der Waals surface area contributed by atoms with E-state index < -0.39 is 39.5 Å². The number of likely N-dealkylation sites (tertiary alicyclic amines) is 1. The number of amides is 2. The summed E-state index contributed by atoms with van der Waals surface area (Å²) in [6.45, 7) is 7.16. The maximum absolute atomic E-state index is 15.0. The number of anilines is 2. The lowest BCUT2D eigenvalue weighted by Crippen LogP contribution is -2.56. The molecule has 2 fully saturated rings. The molecule has 64 heavy (non-hydrogen) atoms. The molecule has 1 aliphatic carbocycles. The summed E-state index contributed by atoms with van der Waals surface area (Å²) in [5.41, 5.74) is 2.87. The number of benzene rings is 3. The largest absolute Gasteiger partial charge is 0.497 e. The third-order valence-corrected chi connectivity index (χ3v) is 14.6. The number of carbonyl (C=O) groups excluding carboxylic acids is 2. The van der Waals surface area contributed by atoms with Gasteiger partial charge < -0.3 is 30.4 Å². The molecule has 3 aromatic carbocycles. The molecule has 0 radical (unpaired) electrons. The summed E-state index contributed by atoms with van der Waals surface area (Å²) in [6.07, 6.45) is 7.67. The summed E-state index contributed by atoms with van der Waals surface area (Å²) in [5.74, 6) is -0.293. The molecule has 1 unspecified atom stereocenters. The van der Waals surface area contributed by atoms with Gasteiger partial charge in [0.2, 0.25) is 5.91 Å². The Hall–Kier alpha value is -5.97. The maximum Gasteiger partial charge on any atom is 0.266 e. The first-order valence-electron chi connectivity index (χ1n) is 22.0. The molecule has 3 aromatic heterocycles. The number of aromatic nitrogens is 3. The van der Waals surface area contributed by atoms with E-state index >= 15 is 0 Å². The van der Waals surface area contributed by atoms with E-state index in [1.165, 1.54) is 17.4 Å². The summed E-state index contributed by atoms with van der Waals surface area (Å²) < 4.78 is 42.7. The van der Waals surface area contributed by atoms with Gasteiger partial charge in [0.1, 0.15) is 33.7 Å². The van der Waals surface area contributed by atoms with E-state index in [4.69, 9.17) is 19.4 Å². The molecule has 16 heteroatoms. The number of thiazole rings is 1. The molecule has 14 nitrogen and oxygen atoms in total. The van der Waals surface area contributed by atoms with Crippen molar-refractivity contribution in [2.45, 2.75) is 94.0 Å². The number of nitrogens with zero attached hydrogens (tertiary/aromatic N) is 3. The second-order valence-corrected chi connectivity index (χ2v) is 19.8. The molecule has 2 aliphatic heterocycles. The van der Waals surface area contributed by atoms with Crippen LogP contribution < -0.4 is 30.1 Å². The number of para-hydroxylation sites is 2. The molecule has 334 valence electrons. The van der Waals surface area contributed by atoms with Gasteiger partial charge in [-0.2, -0.15) is 0 Å². The molecule has 5 N–H and O–H groups in total. The Morgan fingerprint density at radius 1 is 0.984 bits per heavy atom. The summed E-state index contributed by atoms with van der Waals surface area (Å²) in [4.78, 5) is 44.8. The van der Waals surface area contributed by atoms with Crippen molar-refractivity contribution in [1.82, 2.24) is 29.9 Å². The van der Waals surface area contributed by atoms with E-state index in [2.05, 4.69) is 57.4 Å². The first kappa shape index (κ1) is 43.3. The molecule has 9 rings (SSSR count). The third-order valence-electron chi connectivity index (χ3n) is 12.5. The van der Waals surface area contributed by atoms with Gasteiger partial charge >= 0.3 is 0 Å². The number of ether oxygens (including phenoxy) is 2. The van der Waals surface area contributed by atoms with Gasteiger partial charge in [-0.05, 0) is 88.2 Å². The van der Waals surface area contributed by atoms with E-state index in [0.29, 0.717) is 53.6 Å². The predicted octanol–water partition coefficient (Wildman–Crippen LogP) is 8.17. The van der Waals surface area contributed by atoms with E-state index in [1.54, 1.807) is 25.3 Å². The van der Waals surface area contributed by atoms with Crippen molar-refractivity contribution in [3.63, 3.8) is 0 Å². The molecule has 2 amide bonds. The number of H-pyrrole nitrogens is 1. The number of methoxy groups -OCH3 is 1. The highest BCUT2D eigenvalue weighted by atomic mass is 32.2. The van der Waals surface area contributed by atoms with Gasteiger partial charge in [0.15, 0.2) is 5.13 Å². The monoisotopic (exact) mass is 902 g/mol. The van der Waals surface area contributed by atoms with Gasteiger partial charge in [0.25, 0.3) is 15.9 Å². The highest BCUT2D eigenvalue weighted by Gasteiger charge is 2.61. The summed E-state index contributed by atoms with van der Waals surface area (Å²) in [7, 11) is -2.69. The highest BCUT2D eigenvalue weighted by molar-refractivity contribution is 7.90. The fraction of sp³-hybridized carbons (Fsp3) is 0.375. The topological polar surface area (TPSA) is 180 Å². The van der Waals surface area contributed by atoms with Crippen molar-refractivity contribution >= 4 is 65.8 Å². The van der Waals surface area contributed by atoms with Crippen molar-refractivity contribution in [3.05, 3.63) is 102 Å². The number of aromatic amines is 1. The summed E-state index contributed by atoms with van der Waals surface area (Å²) in [5, 5.41) is 14.3. The number of allylic oxidation sites excluding steroid dienone is 1. The fourth-order valence-electron chi connectivity index (χ4n) is 8.96. The van der Waals surface area contributed by atoms with Crippen LogP contribution in [0.5, 0.6) is 11.5 Å². The van der Waals surface area contributed by atoms with Crippen LogP contribution in [0.15, 0.2) is 101 Å². The summed E-state index contributed by atoms with van der Waals surface area (Å²) >= 11 is 1.50. The highest BCUT2D eigenvalue weighted by Crippen LogP contribution is 2.46. The zero-order valence-electron chi connectivity index (χ0n) is 36.4. The molecule has 5 atom stereocenters. The molecule has 1 saturated heterocycles. The smallest absolute Gasteiger partial charge is 0.266 e. The molecular formula is C48H54N8O6S2. The Kier molecular flexibility index (Phi) is 12.1. The predicted molar refractivity (Wildman–Crippen MR) is 251 cm³/mol. The number of sulfonamides is 1. The van der Waals surface area contributed by atoms with Gasteiger partial charge in [-0.15, -0.1) is 11.3 Å². The van der Waals surface area contributed by atoms with Crippen molar-refractivity contribution in [1.29, 1.82) is 0 Å². The fourth-order valence-corrected chi connectivity index (χ4v) is 11.0. The Labute approximate surface area is 377 Å². The van der Waals surface area contributed by atoms with Crippen LogP contribution >= 0.6 is 11.3 Å². The van der Waals surface area contributed by atoms with Gasteiger partial charge in [0, 0.05) is 71.6 Å². The Balaban J connectivity index is 1.04. The lowest BCUT2D eigenvalue weighted by molar-refractivity contribution is -0.132. The quantitative estimate of drug-likeness (QED) is 0.0838. The van der Waals surface area contributed by atoms with Gasteiger partial charge in [-0.25, -0.2) is 23.1 Å². The van der Waals surface area contributed by atoms with Crippen molar-refractivity contribution in [2.75, 3.05) is 30.8 Å². The lowest BCUT2D eigenvalue weighted by atomic mass is 10.1. The molecule has 0 bridgehead atoms. The van der Waals surface area contributed by atoms with Gasteiger partial charge in [0.05, 0.1) is 30.0 Å². The molecule has 6 aromatic rings. The number of carbonyl (C=O) groups is 2.